The highest BCUT2D eigenvalue weighted by Gasteiger charge is 2.33. The summed E-state index contributed by atoms with van der Waals surface area (Å²) in [5.74, 6) is -0.607. The summed E-state index contributed by atoms with van der Waals surface area (Å²) in [5.41, 5.74) is 4.37. The molecule has 10 heteroatoms. The summed E-state index contributed by atoms with van der Waals surface area (Å²) in [5, 5.41) is 3.84. The van der Waals surface area contributed by atoms with Gasteiger partial charge in [0.25, 0.3) is 11.8 Å². The predicted molar refractivity (Wildman–Crippen MR) is 84.3 cm³/mol. The Morgan fingerprint density at radius 3 is 2.48 bits per heavy atom. The first-order valence-electron chi connectivity index (χ1n) is 7.06. The minimum Gasteiger partial charge on any atom is -0.484 e. The SMILES string of the molecule is NC(=O)COc1ccc(C(=O)NCCc2nc(C(F)(F)F)cs2)cc1. The maximum Gasteiger partial charge on any atom is 0.434 e. The maximum absolute atomic E-state index is 12.4. The van der Waals surface area contributed by atoms with Crippen molar-refractivity contribution in [2.45, 2.75) is 12.6 Å². The van der Waals surface area contributed by atoms with Gasteiger partial charge in [0.05, 0.1) is 5.01 Å². The third-order valence-electron chi connectivity index (χ3n) is 2.96. The van der Waals surface area contributed by atoms with Crippen molar-refractivity contribution in [1.82, 2.24) is 10.3 Å². The van der Waals surface area contributed by atoms with E-state index in [-0.39, 0.29) is 25.5 Å². The Labute approximate surface area is 144 Å². The third-order valence-corrected chi connectivity index (χ3v) is 3.87. The summed E-state index contributed by atoms with van der Waals surface area (Å²) >= 11 is 0.897. The molecule has 2 aromatic rings. The maximum atomic E-state index is 12.4. The fourth-order valence-corrected chi connectivity index (χ4v) is 2.60. The number of hydrogen-bond donors (Lipinski definition) is 2. The molecule has 0 unspecified atom stereocenters. The van der Waals surface area contributed by atoms with Crippen LogP contribution in [-0.2, 0) is 17.4 Å². The second-order valence-corrected chi connectivity index (χ2v) is 5.85. The summed E-state index contributed by atoms with van der Waals surface area (Å²) in [7, 11) is 0. The molecule has 0 radical (unpaired) electrons. The number of hydrogen-bond acceptors (Lipinski definition) is 5. The number of carbonyl (C=O) groups is 2. The van der Waals surface area contributed by atoms with Crippen LogP contribution in [0.15, 0.2) is 29.6 Å². The second-order valence-electron chi connectivity index (χ2n) is 4.91. The molecule has 0 aliphatic heterocycles. The fourth-order valence-electron chi connectivity index (χ4n) is 1.80. The van der Waals surface area contributed by atoms with Crippen LogP contribution >= 0.6 is 11.3 Å². The number of aromatic nitrogens is 1. The molecule has 2 rings (SSSR count). The van der Waals surface area contributed by atoms with Crippen LogP contribution in [0.3, 0.4) is 0 Å². The molecule has 2 amide bonds. The molecule has 0 saturated carbocycles. The van der Waals surface area contributed by atoms with Gasteiger partial charge in [0.1, 0.15) is 5.75 Å². The molecule has 0 aliphatic rings. The number of alkyl halides is 3. The van der Waals surface area contributed by atoms with E-state index in [2.05, 4.69) is 10.3 Å². The predicted octanol–water partition coefficient (Wildman–Crippen LogP) is 2.00. The summed E-state index contributed by atoms with van der Waals surface area (Å²) in [6.45, 7) is -0.108. The number of carbonyl (C=O) groups excluding carboxylic acids is 2. The van der Waals surface area contributed by atoms with Crippen molar-refractivity contribution in [3.63, 3.8) is 0 Å². The first kappa shape index (κ1) is 18.7. The molecule has 0 fully saturated rings. The van der Waals surface area contributed by atoms with Crippen LogP contribution in [0, 0.1) is 0 Å². The number of nitrogens with one attached hydrogen (secondary N) is 1. The van der Waals surface area contributed by atoms with Gasteiger partial charge in [-0.3, -0.25) is 9.59 Å². The summed E-state index contributed by atoms with van der Waals surface area (Å²) < 4.78 is 42.4. The van der Waals surface area contributed by atoms with E-state index in [0.717, 1.165) is 16.7 Å². The minimum atomic E-state index is -4.46. The van der Waals surface area contributed by atoms with Gasteiger partial charge in [-0.1, -0.05) is 0 Å². The van der Waals surface area contributed by atoms with Gasteiger partial charge in [-0.25, -0.2) is 4.98 Å². The van der Waals surface area contributed by atoms with E-state index >= 15 is 0 Å². The van der Waals surface area contributed by atoms with E-state index in [0.29, 0.717) is 16.3 Å². The quantitative estimate of drug-likeness (QED) is 0.776. The van der Waals surface area contributed by atoms with Gasteiger partial charge in [-0.15, -0.1) is 11.3 Å². The Morgan fingerprint density at radius 2 is 1.92 bits per heavy atom. The molecule has 1 aromatic carbocycles. The van der Waals surface area contributed by atoms with Crippen molar-refractivity contribution in [2.24, 2.45) is 5.73 Å². The lowest BCUT2D eigenvalue weighted by molar-refractivity contribution is -0.140. The van der Waals surface area contributed by atoms with Crippen molar-refractivity contribution >= 4 is 23.2 Å². The van der Waals surface area contributed by atoms with E-state index in [1.807, 2.05) is 0 Å². The molecule has 0 bridgehead atoms. The zero-order valence-electron chi connectivity index (χ0n) is 12.8. The Morgan fingerprint density at radius 1 is 1.24 bits per heavy atom. The molecule has 25 heavy (non-hydrogen) atoms. The molecule has 0 atom stereocenters. The number of rotatable bonds is 7. The molecule has 1 aromatic heterocycles. The number of thiazole rings is 1. The lowest BCUT2D eigenvalue weighted by Gasteiger charge is -2.06. The van der Waals surface area contributed by atoms with E-state index < -0.39 is 17.8 Å². The zero-order chi connectivity index (χ0) is 18.4. The number of primary amides is 1. The molecule has 1 heterocycles. The number of nitrogens with zero attached hydrogens (tertiary/aromatic N) is 1. The van der Waals surface area contributed by atoms with Gasteiger partial charge in [0, 0.05) is 23.9 Å². The van der Waals surface area contributed by atoms with Crippen LogP contribution in [0.1, 0.15) is 21.1 Å². The van der Waals surface area contributed by atoms with Gasteiger partial charge < -0.3 is 15.8 Å². The van der Waals surface area contributed by atoms with E-state index in [9.17, 15) is 22.8 Å². The molecule has 3 N–H and O–H groups in total. The first-order chi connectivity index (χ1) is 11.8. The number of benzene rings is 1. The third kappa shape index (κ3) is 5.75. The van der Waals surface area contributed by atoms with E-state index in [1.165, 1.54) is 24.3 Å². The second kappa shape index (κ2) is 7.97. The normalized spacial score (nSPS) is 11.2. The lowest BCUT2D eigenvalue weighted by atomic mass is 10.2. The molecule has 6 nitrogen and oxygen atoms in total. The number of nitrogens with two attached hydrogens (primary N) is 1. The van der Waals surface area contributed by atoms with Gasteiger partial charge >= 0.3 is 6.18 Å². The average Bonchev–Trinajstić information content (AvgIpc) is 3.02. The number of ether oxygens (including phenoxy) is 1. The van der Waals surface area contributed by atoms with Crippen molar-refractivity contribution in [3.05, 3.63) is 45.9 Å². The Kier molecular flexibility index (Phi) is 5.97. The fraction of sp³-hybridized carbons (Fsp3) is 0.267. The van der Waals surface area contributed by atoms with Gasteiger partial charge in [-0.05, 0) is 24.3 Å². The van der Waals surface area contributed by atoms with Crippen LogP contribution in [-0.4, -0.2) is 29.9 Å². The molecule has 0 spiro atoms. The summed E-state index contributed by atoms with van der Waals surface area (Å²) in [4.78, 5) is 26.0. The monoisotopic (exact) mass is 373 g/mol. The highest BCUT2D eigenvalue weighted by Crippen LogP contribution is 2.30. The van der Waals surface area contributed by atoms with Gasteiger partial charge in [-0.2, -0.15) is 13.2 Å². The number of halogens is 3. The first-order valence-corrected chi connectivity index (χ1v) is 7.94. The van der Waals surface area contributed by atoms with E-state index in [4.69, 9.17) is 10.5 Å². The van der Waals surface area contributed by atoms with Crippen LogP contribution in [0.5, 0.6) is 5.75 Å². The highest BCUT2D eigenvalue weighted by molar-refractivity contribution is 7.09. The van der Waals surface area contributed by atoms with Crippen LogP contribution in [0.4, 0.5) is 13.2 Å². The Bertz CT molecular complexity index is 744. The molecule has 0 saturated heterocycles. The molecule has 0 aliphatic carbocycles. The summed E-state index contributed by atoms with van der Waals surface area (Å²) in [6, 6.07) is 6.01. The number of amides is 2. The van der Waals surface area contributed by atoms with E-state index in [1.54, 1.807) is 0 Å². The van der Waals surface area contributed by atoms with Gasteiger partial charge in [0.2, 0.25) is 0 Å². The Hall–Kier alpha value is -2.62. The lowest BCUT2D eigenvalue weighted by Crippen LogP contribution is -2.25. The van der Waals surface area contributed by atoms with Crippen LogP contribution < -0.4 is 15.8 Å². The average molecular weight is 373 g/mol. The summed E-state index contributed by atoms with van der Waals surface area (Å²) in [6.07, 6.45) is -4.26. The molecular weight excluding hydrogens is 359 g/mol. The highest BCUT2D eigenvalue weighted by atomic mass is 32.1. The smallest absolute Gasteiger partial charge is 0.434 e. The van der Waals surface area contributed by atoms with Crippen molar-refractivity contribution in [3.8, 4) is 5.75 Å². The Balaban J connectivity index is 1.82. The zero-order valence-corrected chi connectivity index (χ0v) is 13.6. The molecular formula is C15H14F3N3O3S. The minimum absolute atomic E-state index is 0.156. The standard InChI is InChI=1S/C15H14F3N3O3S/c16-15(17,18)11-8-25-13(21-11)5-6-20-14(23)9-1-3-10(4-2-9)24-7-12(19)22/h1-4,8H,5-7H2,(H2,19,22)(H,20,23). The van der Waals surface area contributed by atoms with Crippen LogP contribution in [0.2, 0.25) is 0 Å². The van der Waals surface area contributed by atoms with Crippen molar-refractivity contribution in [1.29, 1.82) is 0 Å². The van der Waals surface area contributed by atoms with Crippen molar-refractivity contribution < 1.29 is 27.5 Å². The topological polar surface area (TPSA) is 94.3 Å². The van der Waals surface area contributed by atoms with Crippen molar-refractivity contribution in [2.75, 3.05) is 13.2 Å². The largest absolute Gasteiger partial charge is 0.484 e. The molecule has 134 valence electrons. The van der Waals surface area contributed by atoms with Gasteiger partial charge in [0.15, 0.2) is 12.3 Å². The van der Waals surface area contributed by atoms with Crippen LogP contribution in [0.25, 0.3) is 0 Å².